The van der Waals surface area contributed by atoms with Gasteiger partial charge in [0, 0.05) is 6.42 Å². The highest BCUT2D eigenvalue weighted by Gasteiger charge is 2.42. The van der Waals surface area contributed by atoms with Crippen molar-refractivity contribution in [2.45, 2.75) is 32.4 Å². The number of hydrogen-bond acceptors (Lipinski definition) is 4. The van der Waals surface area contributed by atoms with Crippen LogP contribution in [0.2, 0.25) is 0 Å². The highest BCUT2D eigenvalue weighted by atomic mass is 16.6. The van der Waals surface area contributed by atoms with Crippen LogP contribution in [0.3, 0.4) is 0 Å². The van der Waals surface area contributed by atoms with E-state index in [1.54, 1.807) is 0 Å². The van der Waals surface area contributed by atoms with Gasteiger partial charge in [-0.1, -0.05) is 13.5 Å². The minimum absolute atomic E-state index is 0.0784. The smallest absolute Gasteiger partial charge is 0.307 e. The van der Waals surface area contributed by atoms with Crippen molar-refractivity contribution in [3.8, 4) is 0 Å². The van der Waals surface area contributed by atoms with Crippen LogP contribution in [0.1, 0.15) is 26.2 Å². The van der Waals surface area contributed by atoms with Crippen LogP contribution in [-0.4, -0.2) is 28.9 Å². The Hall–Kier alpha value is -1.65. The molecule has 0 aromatic carbocycles. The van der Waals surface area contributed by atoms with Gasteiger partial charge in [-0.15, -0.1) is 0 Å². The predicted molar refractivity (Wildman–Crippen MR) is 51.5 cm³/mol. The highest BCUT2D eigenvalue weighted by molar-refractivity contribution is 6.04. The second kappa shape index (κ2) is 4.72. The Morgan fingerprint density at radius 3 is 2.80 bits per heavy atom. The topological polar surface area (TPSA) is 63.7 Å². The summed E-state index contributed by atoms with van der Waals surface area (Å²) in [6, 6.07) is 0. The lowest BCUT2D eigenvalue weighted by molar-refractivity contribution is -0.185. The van der Waals surface area contributed by atoms with Crippen molar-refractivity contribution in [2.75, 3.05) is 0 Å². The van der Waals surface area contributed by atoms with Crippen LogP contribution < -0.4 is 0 Å². The first-order valence-corrected chi connectivity index (χ1v) is 4.78. The Kier molecular flexibility index (Phi) is 3.60. The zero-order chi connectivity index (χ0) is 11.4. The molecule has 5 heteroatoms. The molecule has 15 heavy (non-hydrogen) atoms. The third-order valence-corrected chi connectivity index (χ3v) is 2.04. The quantitative estimate of drug-likeness (QED) is 0.388. The van der Waals surface area contributed by atoms with Crippen molar-refractivity contribution in [2.24, 2.45) is 0 Å². The Morgan fingerprint density at radius 2 is 2.33 bits per heavy atom. The molecular formula is C10H13NO4. The van der Waals surface area contributed by atoms with E-state index in [9.17, 15) is 14.4 Å². The molecule has 0 aromatic heterocycles. The minimum atomic E-state index is -0.734. The molecule has 1 atom stereocenters. The number of amides is 2. The molecule has 0 spiro atoms. The second-order valence-electron chi connectivity index (χ2n) is 3.20. The van der Waals surface area contributed by atoms with Gasteiger partial charge in [-0.25, -0.2) is 4.90 Å². The molecule has 1 rings (SSSR count). The maximum atomic E-state index is 11.2. The first kappa shape index (κ1) is 11.4. The monoisotopic (exact) mass is 211 g/mol. The summed E-state index contributed by atoms with van der Waals surface area (Å²) in [5.41, 5.74) is 0. The number of carbonyl (C=O) groups is 3. The molecule has 1 unspecified atom stereocenters. The van der Waals surface area contributed by atoms with E-state index < -0.39 is 18.1 Å². The Balaban J connectivity index is 2.50. The van der Waals surface area contributed by atoms with Crippen molar-refractivity contribution < 1.29 is 19.1 Å². The van der Waals surface area contributed by atoms with Crippen LogP contribution in [0.4, 0.5) is 0 Å². The van der Waals surface area contributed by atoms with Crippen LogP contribution in [0, 0.1) is 0 Å². The van der Waals surface area contributed by atoms with Crippen molar-refractivity contribution in [1.82, 2.24) is 4.90 Å². The molecule has 0 bridgehead atoms. The fourth-order valence-electron chi connectivity index (χ4n) is 1.26. The SMILES string of the molecule is C=CC(=O)N1C(=O)CC1OC(=O)CCC. The molecule has 1 heterocycles. The van der Waals surface area contributed by atoms with E-state index in [4.69, 9.17) is 4.74 Å². The number of imide groups is 1. The van der Waals surface area contributed by atoms with Crippen LogP contribution >= 0.6 is 0 Å². The van der Waals surface area contributed by atoms with E-state index in [2.05, 4.69) is 6.58 Å². The first-order chi connectivity index (χ1) is 7.10. The van der Waals surface area contributed by atoms with Crippen LogP contribution in [-0.2, 0) is 19.1 Å². The van der Waals surface area contributed by atoms with Gasteiger partial charge in [0.1, 0.15) is 0 Å². The Morgan fingerprint density at radius 1 is 1.67 bits per heavy atom. The zero-order valence-corrected chi connectivity index (χ0v) is 8.56. The van der Waals surface area contributed by atoms with Crippen molar-refractivity contribution in [3.63, 3.8) is 0 Å². The molecule has 0 saturated carbocycles. The summed E-state index contributed by atoms with van der Waals surface area (Å²) in [4.78, 5) is 34.2. The average molecular weight is 211 g/mol. The summed E-state index contributed by atoms with van der Waals surface area (Å²) in [7, 11) is 0. The molecule has 2 amide bonds. The fraction of sp³-hybridized carbons (Fsp3) is 0.500. The highest BCUT2D eigenvalue weighted by Crippen LogP contribution is 2.21. The number of hydrogen-bond donors (Lipinski definition) is 0. The lowest BCUT2D eigenvalue weighted by Crippen LogP contribution is -2.56. The van der Waals surface area contributed by atoms with Gasteiger partial charge in [-0.05, 0) is 12.5 Å². The molecule has 1 aliphatic heterocycles. The molecule has 1 aliphatic rings. The summed E-state index contributed by atoms with van der Waals surface area (Å²) in [5.74, 6) is -1.26. The van der Waals surface area contributed by atoms with Crippen LogP contribution in [0.5, 0.6) is 0 Å². The third kappa shape index (κ3) is 2.43. The van der Waals surface area contributed by atoms with Crippen LogP contribution in [0.25, 0.3) is 0 Å². The number of carbonyl (C=O) groups excluding carboxylic acids is 3. The van der Waals surface area contributed by atoms with Crippen LogP contribution in [0.15, 0.2) is 12.7 Å². The first-order valence-electron chi connectivity index (χ1n) is 4.78. The molecule has 0 aromatic rings. The molecule has 1 saturated heterocycles. The van der Waals surface area contributed by atoms with Crippen molar-refractivity contribution >= 4 is 17.8 Å². The number of nitrogens with zero attached hydrogens (tertiary/aromatic N) is 1. The standard InChI is InChI=1S/C10H13NO4/c1-3-5-10(14)15-9-6-8(13)11(9)7(12)4-2/h4,9H,2-3,5-6H2,1H3. The number of ether oxygens (including phenoxy) is 1. The molecule has 0 aliphatic carbocycles. The summed E-state index contributed by atoms with van der Waals surface area (Å²) < 4.78 is 4.93. The maximum Gasteiger partial charge on any atom is 0.307 e. The van der Waals surface area contributed by atoms with Gasteiger partial charge < -0.3 is 4.74 Å². The fourth-order valence-corrected chi connectivity index (χ4v) is 1.26. The summed E-state index contributed by atoms with van der Waals surface area (Å²) in [6.45, 7) is 5.11. The Labute approximate surface area is 87.7 Å². The number of β-lactam (4-membered cyclic amide) rings is 1. The van der Waals surface area contributed by atoms with E-state index in [1.165, 1.54) is 0 Å². The van der Waals surface area contributed by atoms with E-state index in [-0.39, 0.29) is 12.3 Å². The van der Waals surface area contributed by atoms with Gasteiger partial charge in [0.05, 0.1) is 6.42 Å². The van der Waals surface area contributed by atoms with E-state index in [0.29, 0.717) is 12.8 Å². The average Bonchev–Trinajstić information content (AvgIpc) is 2.17. The zero-order valence-electron chi connectivity index (χ0n) is 8.56. The largest absolute Gasteiger partial charge is 0.440 e. The second-order valence-corrected chi connectivity index (χ2v) is 3.20. The number of esters is 1. The Bertz CT molecular complexity index is 311. The predicted octanol–water partition coefficient (Wildman–Crippen LogP) is 0.601. The lowest BCUT2D eigenvalue weighted by atomic mass is 10.1. The number of rotatable bonds is 4. The summed E-state index contributed by atoms with van der Waals surface area (Å²) in [6.07, 6.45) is 1.34. The van der Waals surface area contributed by atoms with Gasteiger partial charge >= 0.3 is 5.97 Å². The lowest BCUT2D eigenvalue weighted by Gasteiger charge is -2.36. The summed E-state index contributed by atoms with van der Waals surface area (Å²) in [5, 5.41) is 0. The normalized spacial score (nSPS) is 19.4. The van der Waals surface area contributed by atoms with Crippen molar-refractivity contribution in [3.05, 3.63) is 12.7 Å². The molecule has 1 fully saturated rings. The van der Waals surface area contributed by atoms with E-state index in [0.717, 1.165) is 11.0 Å². The van der Waals surface area contributed by atoms with Gasteiger partial charge in [-0.2, -0.15) is 0 Å². The van der Waals surface area contributed by atoms with E-state index >= 15 is 0 Å². The van der Waals surface area contributed by atoms with Gasteiger partial charge in [-0.3, -0.25) is 14.4 Å². The van der Waals surface area contributed by atoms with Gasteiger partial charge in [0.15, 0.2) is 6.23 Å². The van der Waals surface area contributed by atoms with Gasteiger partial charge in [0.25, 0.3) is 5.91 Å². The molecule has 5 nitrogen and oxygen atoms in total. The molecule has 82 valence electrons. The minimum Gasteiger partial charge on any atom is -0.440 e. The molecule has 0 radical (unpaired) electrons. The third-order valence-electron chi connectivity index (χ3n) is 2.04. The maximum absolute atomic E-state index is 11.2. The van der Waals surface area contributed by atoms with Crippen molar-refractivity contribution in [1.29, 1.82) is 0 Å². The molecular weight excluding hydrogens is 198 g/mol. The number of likely N-dealkylation sites (tertiary alicyclic amines) is 1. The van der Waals surface area contributed by atoms with Gasteiger partial charge in [0.2, 0.25) is 5.91 Å². The molecule has 0 N–H and O–H groups in total. The summed E-state index contributed by atoms with van der Waals surface area (Å²) >= 11 is 0. The van der Waals surface area contributed by atoms with E-state index in [1.807, 2.05) is 6.92 Å².